The summed E-state index contributed by atoms with van der Waals surface area (Å²) in [5, 5.41) is 12.7. The first kappa shape index (κ1) is 29.6. The van der Waals surface area contributed by atoms with Crippen molar-refractivity contribution < 1.29 is 42.3 Å². The Kier molecular flexibility index (Phi) is 6.99. The van der Waals surface area contributed by atoms with E-state index in [2.05, 4.69) is 147 Å². The number of halogens is 2. The standard InChI is InChI=1S/2C14H11.C12H8Si2.2ClH.Zr/c2*1-10-8-12-7-6-11-4-2-3-5-13(11)14(12)9-10;1-2-6-10-9(5-1)13-11-7-3-4-8-12(11)14-10;;;/h2*2-9H,1H3;1-8H;2*1H;/q;;;;;+2/p-2. The third kappa shape index (κ3) is 3.68. The molecule has 0 amide bonds. The maximum atomic E-state index is 2.62. The predicted molar refractivity (Wildman–Crippen MR) is 184 cm³/mol. The van der Waals surface area contributed by atoms with Crippen LogP contribution in [0.15, 0.2) is 132 Å². The van der Waals surface area contributed by atoms with E-state index in [1.54, 1.807) is 43.0 Å². The largest absolute Gasteiger partial charge is 1.00 e. The van der Waals surface area contributed by atoms with E-state index in [-0.39, 0.29) is 24.8 Å². The Balaban J connectivity index is 0.00000150. The van der Waals surface area contributed by atoms with Crippen LogP contribution in [0, 0.1) is 0 Å². The Labute approximate surface area is 281 Å². The first-order valence-corrected chi connectivity index (χ1v) is 28.7. The van der Waals surface area contributed by atoms with E-state index >= 15 is 0 Å². The zero-order valence-electron chi connectivity index (χ0n) is 25.1. The number of hydrogen-bond acceptors (Lipinski definition) is 0. The van der Waals surface area contributed by atoms with Crippen molar-refractivity contribution in [3.63, 3.8) is 0 Å². The van der Waals surface area contributed by atoms with Gasteiger partial charge in [0.15, 0.2) is 0 Å². The topological polar surface area (TPSA) is 0 Å². The SMILES string of the molecule is CC1=Cc2c(ccc3ccccc23)[CH]1[Zr+2]1([CH]2C(C)=Cc3c2ccc2ccccc32)=[Si]2c3ccccc3[Si]=1c1ccccc12.[Cl-].[Cl-]. The molecule has 2 bridgehead atoms. The number of benzene rings is 6. The van der Waals surface area contributed by atoms with Crippen molar-refractivity contribution in [2.75, 3.05) is 0 Å². The average molecular weight is 729 g/mol. The third-order valence-corrected chi connectivity index (χ3v) is 61.1. The molecule has 0 nitrogen and oxygen atoms in total. The third-order valence-electron chi connectivity index (χ3n) is 11.0. The van der Waals surface area contributed by atoms with Gasteiger partial charge in [-0.2, -0.15) is 0 Å². The molecular formula is C40H30Cl2Si2Zr. The summed E-state index contributed by atoms with van der Waals surface area (Å²) in [6.45, 7) is 5.01. The predicted octanol–water partition coefficient (Wildman–Crippen LogP) is 1.01. The fraction of sp³-hybridized carbons (Fsp3) is 0.100. The van der Waals surface area contributed by atoms with Crippen molar-refractivity contribution in [2.45, 2.75) is 21.1 Å². The number of hydrogen-bond donors (Lipinski definition) is 0. The van der Waals surface area contributed by atoms with Gasteiger partial charge in [-0.25, -0.2) is 0 Å². The van der Waals surface area contributed by atoms with E-state index in [1.165, 1.54) is 32.7 Å². The Hall–Kier alpha value is -2.78. The van der Waals surface area contributed by atoms with Crippen LogP contribution >= 0.6 is 0 Å². The molecule has 2 unspecified atom stereocenters. The van der Waals surface area contributed by atoms with Gasteiger partial charge in [-0.15, -0.1) is 0 Å². The molecule has 0 fully saturated rings. The summed E-state index contributed by atoms with van der Waals surface area (Å²) in [4.78, 5) is 0. The van der Waals surface area contributed by atoms with E-state index in [0.29, 0.717) is 7.25 Å². The molecule has 6 aromatic carbocycles. The summed E-state index contributed by atoms with van der Waals surface area (Å²) in [6.07, 6.45) is 5.24. The van der Waals surface area contributed by atoms with Gasteiger partial charge in [-0.3, -0.25) is 0 Å². The van der Waals surface area contributed by atoms with E-state index in [4.69, 9.17) is 0 Å². The van der Waals surface area contributed by atoms with Crippen molar-refractivity contribution in [3.8, 4) is 0 Å². The second-order valence-corrected chi connectivity index (χ2v) is 43.8. The van der Waals surface area contributed by atoms with E-state index < -0.39 is 28.4 Å². The molecule has 0 aromatic heterocycles. The molecular weight excluding hydrogens is 699 g/mol. The fourth-order valence-electron chi connectivity index (χ4n) is 9.66. The Morgan fingerprint density at radius 3 is 1.20 bits per heavy atom. The summed E-state index contributed by atoms with van der Waals surface area (Å²) in [5.41, 5.74) is 7.76. The zero-order valence-corrected chi connectivity index (χ0v) is 31.1. The van der Waals surface area contributed by atoms with Crippen LogP contribution in [0.4, 0.5) is 0 Å². The zero-order chi connectivity index (χ0) is 28.4. The Morgan fingerprint density at radius 1 is 0.444 bits per heavy atom. The summed E-state index contributed by atoms with van der Waals surface area (Å²) in [6, 6.07) is 47.7. The van der Waals surface area contributed by atoms with E-state index in [9.17, 15) is 0 Å². The first-order valence-electron chi connectivity index (χ1n) is 15.5. The molecule has 2 aliphatic heterocycles. The molecule has 2 heterocycles. The number of allylic oxidation sites excluding steroid dienone is 2. The maximum absolute atomic E-state index is 3.40. The molecule has 5 heteroatoms. The second-order valence-electron chi connectivity index (χ2n) is 12.9. The van der Waals surface area contributed by atoms with Crippen molar-refractivity contribution >= 4 is 65.3 Å². The van der Waals surface area contributed by atoms with Gasteiger partial charge in [0.1, 0.15) is 0 Å². The summed E-state index contributed by atoms with van der Waals surface area (Å²) < 4.78 is 1.20. The van der Waals surface area contributed by atoms with Gasteiger partial charge >= 0.3 is 259 Å². The van der Waals surface area contributed by atoms with Gasteiger partial charge in [-0.1, -0.05) is 0 Å². The fourth-order valence-corrected chi connectivity index (χ4v) is 82.5. The van der Waals surface area contributed by atoms with Crippen LogP contribution in [0.1, 0.15) is 43.4 Å². The minimum absolute atomic E-state index is 0. The van der Waals surface area contributed by atoms with Gasteiger partial charge in [0.05, 0.1) is 0 Å². The summed E-state index contributed by atoms with van der Waals surface area (Å²) >= 11 is -3.40. The molecule has 0 saturated carbocycles. The minimum Gasteiger partial charge on any atom is -1.00 e. The average Bonchev–Trinajstić information content (AvgIpc) is 3.74. The van der Waals surface area contributed by atoms with Gasteiger partial charge < -0.3 is 24.8 Å². The van der Waals surface area contributed by atoms with Crippen LogP contribution in [-0.4, -0.2) is 10.9 Å². The normalized spacial score (nSPS) is 17.9. The molecule has 10 rings (SSSR count). The molecule has 2 aliphatic carbocycles. The van der Waals surface area contributed by atoms with Gasteiger partial charge in [-0.05, 0) is 0 Å². The van der Waals surface area contributed by atoms with Crippen molar-refractivity contribution in [1.82, 2.24) is 0 Å². The quantitative estimate of drug-likeness (QED) is 0.234. The summed E-state index contributed by atoms with van der Waals surface area (Å²) in [7, 11) is 0. The van der Waals surface area contributed by atoms with E-state index in [1.807, 2.05) is 0 Å². The number of fused-ring (bicyclic) bond motifs is 12. The van der Waals surface area contributed by atoms with Crippen LogP contribution in [-0.2, 0) is 17.5 Å². The molecule has 216 valence electrons. The van der Waals surface area contributed by atoms with Gasteiger partial charge in [0, 0.05) is 0 Å². The summed E-state index contributed by atoms with van der Waals surface area (Å²) in [5.74, 6) is 0. The van der Waals surface area contributed by atoms with Crippen molar-refractivity contribution in [2.24, 2.45) is 0 Å². The van der Waals surface area contributed by atoms with Crippen LogP contribution in [0.3, 0.4) is 0 Å². The molecule has 4 aliphatic rings. The van der Waals surface area contributed by atoms with Crippen LogP contribution in [0.5, 0.6) is 0 Å². The second kappa shape index (κ2) is 10.6. The maximum Gasteiger partial charge on any atom is -1.00 e. The number of rotatable bonds is 2. The van der Waals surface area contributed by atoms with Crippen LogP contribution < -0.4 is 45.6 Å². The molecule has 6 aromatic rings. The van der Waals surface area contributed by atoms with Gasteiger partial charge in [0.2, 0.25) is 0 Å². The smallest absolute Gasteiger partial charge is 1.00 e. The van der Waals surface area contributed by atoms with Gasteiger partial charge in [0.25, 0.3) is 0 Å². The minimum atomic E-state index is -3.40. The van der Waals surface area contributed by atoms with Crippen molar-refractivity contribution in [1.29, 1.82) is 0 Å². The Bertz CT molecular complexity index is 2250. The Morgan fingerprint density at radius 2 is 0.800 bits per heavy atom. The molecule has 0 radical (unpaired) electrons. The van der Waals surface area contributed by atoms with Crippen LogP contribution in [0.25, 0.3) is 33.7 Å². The van der Waals surface area contributed by atoms with E-state index in [0.717, 1.165) is 0 Å². The molecule has 2 atom stereocenters. The molecule has 0 N–H and O–H groups in total. The monoisotopic (exact) mass is 726 g/mol. The van der Waals surface area contributed by atoms with Crippen molar-refractivity contribution in [3.05, 3.63) is 155 Å². The molecule has 0 spiro atoms. The molecule has 0 saturated heterocycles. The van der Waals surface area contributed by atoms with Crippen LogP contribution in [0.2, 0.25) is 0 Å². The molecule has 45 heavy (non-hydrogen) atoms. The first-order chi connectivity index (χ1) is 21.2.